The average Bonchev–Trinajstić information content (AvgIpc) is 3.02. The summed E-state index contributed by atoms with van der Waals surface area (Å²) in [6, 6.07) is 17.3. The van der Waals surface area contributed by atoms with Crippen molar-refractivity contribution < 1.29 is 23.9 Å². The van der Waals surface area contributed by atoms with Gasteiger partial charge in [0.05, 0.1) is 12.2 Å². The molecule has 8 heteroatoms. The minimum atomic E-state index is -1.28. The number of benzene rings is 3. The monoisotopic (exact) mass is 429 g/mol. The molecule has 0 bridgehead atoms. The summed E-state index contributed by atoms with van der Waals surface area (Å²) in [5.74, 6) is -0.790. The van der Waals surface area contributed by atoms with Crippen LogP contribution in [-0.4, -0.2) is 41.7 Å². The molecule has 0 aromatic heterocycles. The van der Waals surface area contributed by atoms with E-state index in [0.29, 0.717) is 17.0 Å². The lowest BCUT2D eigenvalue weighted by atomic mass is 9.90. The number of imide groups is 1. The number of nitrogens with one attached hydrogen (secondary N) is 2. The Morgan fingerprint density at radius 2 is 1.81 bits per heavy atom. The Hall–Kier alpha value is -4.20. The Morgan fingerprint density at radius 1 is 1.03 bits per heavy atom. The van der Waals surface area contributed by atoms with E-state index in [9.17, 15) is 19.2 Å². The van der Waals surface area contributed by atoms with E-state index >= 15 is 0 Å². The van der Waals surface area contributed by atoms with Crippen LogP contribution in [0.3, 0.4) is 0 Å². The molecule has 2 N–H and O–H groups in total. The summed E-state index contributed by atoms with van der Waals surface area (Å²) in [6.07, 6.45) is 0. The van der Waals surface area contributed by atoms with Gasteiger partial charge in [0, 0.05) is 5.56 Å². The smallest absolute Gasteiger partial charge is 0.325 e. The summed E-state index contributed by atoms with van der Waals surface area (Å²) in [5.41, 5.74) is -0.00287. The van der Waals surface area contributed by atoms with Crippen LogP contribution in [0.25, 0.3) is 10.8 Å². The van der Waals surface area contributed by atoms with Crippen LogP contribution in [0, 0.1) is 0 Å². The number of nitrogens with zero attached hydrogens (tertiary/aromatic N) is 1. The van der Waals surface area contributed by atoms with E-state index in [1.54, 1.807) is 25.1 Å². The molecule has 32 heavy (non-hydrogen) atoms. The van der Waals surface area contributed by atoms with E-state index in [2.05, 4.69) is 10.6 Å². The lowest BCUT2D eigenvalue weighted by molar-refractivity contribution is -0.130. The zero-order valence-corrected chi connectivity index (χ0v) is 17.2. The molecular weight excluding hydrogens is 410 g/mol. The zero-order valence-electron chi connectivity index (χ0n) is 17.2. The molecule has 0 aliphatic carbocycles. The van der Waals surface area contributed by atoms with Gasteiger partial charge in [-0.1, -0.05) is 36.4 Å². The summed E-state index contributed by atoms with van der Waals surface area (Å²) in [5, 5.41) is 7.34. The molecule has 4 amide bonds. The number of Topliss-reactive ketones (excluding diaryl/α,β-unsaturated/α-hetero) is 1. The minimum absolute atomic E-state index is 0.0872. The molecule has 0 radical (unpaired) electrons. The highest BCUT2D eigenvalue weighted by atomic mass is 16.5. The summed E-state index contributed by atoms with van der Waals surface area (Å²) in [6.45, 7) is 1.13. The van der Waals surface area contributed by atoms with Gasteiger partial charge in [0.15, 0.2) is 12.4 Å². The number of rotatable bonds is 4. The second-order valence-corrected chi connectivity index (χ2v) is 7.98. The van der Waals surface area contributed by atoms with Crippen LogP contribution < -0.4 is 15.4 Å². The lowest BCUT2D eigenvalue weighted by Gasteiger charge is -2.22. The molecule has 160 valence electrons. The molecule has 2 aliphatic heterocycles. The number of ketones is 1. The molecule has 5 rings (SSSR count). The molecular formula is C24H19N3O5. The van der Waals surface area contributed by atoms with Gasteiger partial charge in [-0.15, -0.1) is 0 Å². The average molecular weight is 429 g/mol. The van der Waals surface area contributed by atoms with Gasteiger partial charge < -0.3 is 15.4 Å². The molecule has 1 unspecified atom stereocenters. The predicted molar refractivity (Wildman–Crippen MR) is 116 cm³/mol. The van der Waals surface area contributed by atoms with Gasteiger partial charge in [-0.3, -0.25) is 19.3 Å². The second kappa shape index (κ2) is 7.19. The Morgan fingerprint density at radius 3 is 2.62 bits per heavy atom. The van der Waals surface area contributed by atoms with E-state index < -0.39 is 29.8 Å². The Kier molecular flexibility index (Phi) is 4.44. The van der Waals surface area contributed by atoms with Gasteiger partial charge in [0.2, 0.25) is 0 Å². The number of carbonyl (C=O) groups is 4. The topological polar surface area (TPSA) is 105 Å². The van der Waals surface area contributed by atoms with E-state index in [1.165, 1.54) is 6.07 Å². The van der Waals surface area contributed by atoms with E-state index in [1.807, 2.05) is 36.4 Å². The molecule has 1 fully saturated rings. The van der Waals surface area contributed by atoms with Crippen LogP contribution in [0.1, 0.15) is 22.8 Å². The summed E-state index contributed by atoms with van der Waals surface area (Å²) < 4.78 is 5.29. The Balaban J connectivity index is 1.39. The third-order valence-electron chi connectivity index (χ3n) is 5.84. The molecule has 0 saturated carbocycles. The number of urea groups is 1. The van der Waals surface area contributed by atoms with Crippen molar-refractivity contribution in [2.24, 2.45) is 0 Å². The second-order valence-electron chi connectivity index (χ2n) is 7.98. The first-order valence-corrected chi connectivity index (χ1v) is 10.1. The first-order valence-electron chi connectivity index (χ1n) is 10.1. The van der Waals surface area contributed by atoms with Crippen molar-refractivity contribution in [1.82, 2.24) is 10.2 Å². The summed E-state index contributed by atoms with van der Waals surface area (Å²) in [7, 11) is 0. The minimum Gasteiger partial charge on any atom is -0.482 e. The van der Waals surface area contributed by atoms with E-state index in [4.69, 9.17) is 4.74 Å². The van der Waals surface area contributed by atoms with Crippen molar-refractivity contribution >= 4 is 40.1 Å². The van der Waals surface area contributed by atoms with Crippen LogP contribution in [0.4, 0.5) is 10.5 Å². The third-order valence-corrected chi connectivity index (χ3v) is 5.84. The van der Waals surface area contributed by atoms with Crippen LogP contribution >= 0.6 is 0 Å². The van der Waals surface area contributed by atoms with Gasteiger partial charge >= 0.3 is 6.03 Å². The van der Waals surface area contributed by atoms with E-state index in [-0.39, 0.29) is 18.1 Å². The van der Waals surface area contributed by atoms with Gasteiger partial charge in [0.25, 0.3) is 11.8 Å². The first-order chi connectivity index (χ1) is 15.3. The van der Waals surface area contributed by atoms with Gasteiger partial charge in [-0.25, -0.2) is 4.79 Å². The highest BCUT2D eigenvalue weighted by Crippen LogP contribution is 2.32. The van der Waals surface area contributed by atoms with Gasteiger partial charge in [-0.2, -0.15) is 0 Å². The van der Waals surface area contributed by atoms with Gasteiger partial charge in [0.1, 0.15) is 11.3 Å². The summed E-state index contributed by atoms with van der Waals surface area (Å²) in [4.78, 5) is 51.2. The maximum Gasteiger partial charge on any atom is 0.325 e. The molecule has 0 spiro atoms. The largest absolute Gasteiger partial charge is 0.482 e. The highest BCUT2D eigenvalue weighted by Gasteiger charge is 2.49. The molecule has 3 aromatic carbocycles. The number of fused-ring (bicyclic) bond motifs is 2. The number of anilines is 1. The number of amides is 4. The molecule has 2 heterocycles. The Labute approximate surface area is 183 Å². The van der Waals surface area contributed by atoms with Crippen LogP contribution in [0.5, 0.6) is 5.75 Å². The zero-order chi connectivity index (χ0) is 22.5. The lowest BCUT2D eigenvalue weighted by Crippen LogP contribution is -2.41. The number of carbonyl (C=O) groups excluding carboxylic acids is 4. The van der Waals surface area contributed by atoms with E-state index in [0.717, 1.165) is 15.7 Å². The van der Waals surface area contributed by atoms with Crippen molar-refractivity contribution in [1.29, 1.82) is 0 Å². The van der Waals surface area contributed by atoms with Crippen LogP contribution in [-0.2, 0) is 15.1 Å². The normalized spacial score (nSPS) is 19.9. The molecule has 3 aromatic rings. The maximum atomic E-state index is 13.2. The van der Waals surface area contributed by atoms with Gasteiger partial charge in [-0.05, 0) is 47.5 Å². The number of hydrogen-bond acceptors (Lipinski definition) is 5. The molecule has 1 atom stereocenters. The third kappa shape index (κ3) is 3.17. The quantitative estimate of drug-likeness (QED) is 0.490. The van der Waals surface area contributed by atoms with Crippen molar-refractivity contribution in [3.05, 3.63) is 71.8 Å². The fourth-order valence-corrected chi connectivity index (χ4v) is 4.03. The first kappa shape index (κ1) is 19.7. The van der Waals surface area contributed by atoms with Crippen LogP contribution in [0.15, 0.2) is 60.7 Å². The van der Waals surface area contributed by atoms with Crippen molar-refractivity contribution in [3.8, 4) is 5.75 Å². The fraction of sp³-hybridized carbons (Fsp3) is 0.167. The molecule has 8 nitrogen and oxygen atoms in total. The van der Waals surface area contributed by atoms with Crippen molar-refractivity contribution in [2.75, 3.05) is 18.5 Å². The highest BCUT2D eigenvalue weighted by molar-refractivity contribution is 6.12. The Bertz CT molecular complexity index is 1320. The predicted octanol–water partition coefficient (Wildman–Crippen LogP) is 2.82. The standard InChI is InChI=1S/C24H19N3O5/c1-24(17-8-6-14-4-2-3-5-15(14)10-17)22(30)27(23(31)26-24)12-19(28)16-7-9-20-18(11-16)25-21(29)13-32-20/h2-11H,12-13H2,1H3,(H,25,29)(H,26,31). The maximum absolute atomic E-state index is 13.2. The SMILES string of the molecule is CC1(c2ccc3ccccc3c2)NC(=O)N(CC(=O)c2ccc3c(c2)NC(=O)CO3)C1=O. The fourth-order valence-electron chi connectivity index (χ4n) is 4.03. The number of hydrogen-bond donors (Lipinski definition) is 2. The summed E-state index contributed by atoms with van der Waals surface area (Å²) >= 11 is 0. The van der Waals surface area contributed by atoms with Crippen molar-refractivity contribution in [2.45, 2.75) is 12.5 Å². The number of ether oxygens (including phenoxy) is 1. The van der Waals surface area contributed by atoms with Crippen molar-refractivity contribution in [3.63, 3.8) is 0 Å². The van der Waals surface area contributed by atoms with Crippen LogP contribution in [0.2, 0.25) is 0 Å². The molecule has 1 saturated heterocycles. The molecule has 2 aliphatic rings.